The molecule has 2 atom stereocenters. The van der Waals surface area contributed by atoms with Crippen molar-refractivity contribution < 1.29 is 29.3 Å². The van der Waals surface area contributed by atoms with Gasteiger partial charge in [-0.25, -0.2) is 4.79 Å². The van der Waals surface area contributed by atoms with Crippen LogP contribution in [0.5, 0.6) is 0 Å². The molecule has 6 heteroatoms. The van der Waals surface area contributed by atoms with E-state index in [0.717, 1.165) is 0 Å². The quantitative estimate of drug-likeness (QED) is 0.784. The number of aromatic carboxylic acids is 1. The molecule has 4 rings (SSSR count). The molecule has 1 aromatic rings. The number of carbonyl (C=O) groups excluding carboxylic acids is 2. The Labute approximate surface area is 160 Å². The highest BCUT2D eigenvalue weighted by Gasteiger charge is 2.37. The van der Waals surface area contributed by atoms with E-state index < -0.39 is 12.1 Å². The molecule has 1 unspecified atom stereocenters. The van der Waals surface area contributed by atoms with E-state index in [-0.39, 0.29) is 28.8 Å². The Hall–Kier alpha value is -3.67. The zero-order valence-corrected chi connectivity index (χ0v) is 14.9. The number of ether oxygens (including phenoxy) is 1. The number of allylic oxidation sites excluding steroid dienone is 4. The van der Waals surface area contributed by atoms with Crippen molar-refractivity contribution in [2.24, 2.45) is 5.92 Å². The number of fused-ring (bicyclic) bond motifs is 2. The van der Waals surface area contributed by atoms with E-state index in [9.17, 15) is 24.6 Å². The first-order valence-electron chi connectivity index (χ1n) is 8.67. The van der Waals surface area contributed by atoms with Crippen LogP contribution in [0.2, 0.25) is 0 Å². The molecule has 2 N–H and O–H groups in total. The van der Waals surface area contributed by atoms with Crippen LogP contribution in [0.3, 0.4) is 0 Å². The van der Waals surface area contributed by atoms with Gasteiger partial charge < -0.3 is 14.9 Å². The number of aliphatic hydroxyl groups is 1. The highest BCUT2D eigenvalue weighted by molar-refractivity contribution is 6.05. The van der Waals surface area contributed by atoms with Crippen LogP contribution >= 0.6 is 0 Å². The zero-order chi connectivity index (χ0) is 20.0. The lowest BCUT2D eigenvalue weighted by atomic mass is 9.77. The maximum atomic E-state index is 11.9. The number of hydrogen-bond donors (Lipinski definition) is 2. The van der Waals surface area contributed by atoms with E-state index in [0.29, 0.717) is 28.0 Å². The summed E-state index contributed by atoms with van der Waals surface area (Å²) in [7, 11) is 0. The van der Waals surface area contributed by atoms with E-state index in [4.69, 9.17) is 4.74 Å². The fourth-order valence-corrected chi connectivity index (χ4v) is 3.66. The van der Waals surface area contributed by atoms with Crippen LogP contribution in [0.25, 0.3) is 5.57 Å². The Bertz CT molecular complexity index is 1080. The van der Waals surface area contributed by atoms with Crippen LogP contribution in [0.1, 0.15) is 33.2 Å². The van der Waals surface area contributed by atoms with Crippen molar-refractivity contribution in [2.45, 2.75) is 13.0 Å². The standard InChI is InChI=1S/C22H16O6/c1-11(23)12-2-5-15(18(8-12)22(26)27)21-16-6-3-13(24)9-19(16)28-20-10-14(25)4-7-17(20)21/h2-10,16,19,24H,1H3,(H,26,27)/t16-,19?/m1/s1. The molecule has 1 aromatic carbocycles. The van der Waals surface area contributed by atoms with Gasteiger partial charge in [0.05, 0.1) is 5.56 Å². The predicted molar refractivity (Wildman–Crippen MR) is 101 cm³/mol. The van der Waals surface area contributed by atoms with Crippen LogP contribution in [-0.2, 0) is 9.53 Å². The first kappa shape index (κ1) is 17.7. The van der Waals surface area contributed by atoms with Crippen LogP contribution in [0, 0.1) is 5.92 Å². The minimum atomic E-state index is -1.16. The molecular formula is C22H16O6. The number of carboxylic acid groups (broad SMARTS) is 1. The molecule has 1 aliphatic heterocycles. The van der Waals surface area contributed by atoms with Gasteiger partial charge in [-0.05, 0) is 48.4 Å². The number of ketones is 2. The smallest absolute Gasteiger partial charge is 0.336 e. The fourth-order valence-electron chi connectivity index (χ4n) is 3.66. The maximum Gasteiger partial charge on any atom is 0.336 e. The summed E-state index contributed by atoms with van der Waals surface area (Å²) in [6, 6.07) is 4.56. The van der Waals surface area contributed by atoms with E-state index in [2.05, 4.69) is 0 Å². The Morgan fingerprint density at radius 1 is 1.14 bits per heavy atom. The van der Waals surface area contributed by atoms with Gasteiger partial charge in [-0.1, -0.05) is 18.2 Å². The number of benzene rings is 1. The number of carboxylic acids is 1. The van der Waals surface area contributed by atoms with Gasteiger partial charge in [0.1, 0.15) is 17.6 Å². The molecule has 0 saturated heterocycles. The van der Waals surface area contributed by atoms with Crippen LogP contribution in [0.15, 0.2) is 71.7 Å². The van der Waals surface area contributed by atoms with Gasteiger partial charge in [-0.15, -0.1) is 0 Å². The molecular weight excluding hydrogens is 360 g/mol. The highest BCUT2D eigenvalue weighted by Crippen LogP contribution is 2.44. The van der Waals surface area contributed by atoms with Crippen molar-refractivity contribution >= 4 is 23.1 Å². The molecule has 140 valence electrons. The Kier molecular flexibility index (Phi) is 4.11. The third-order valence-corrected chi connectivity index (χ3v) is 4.95. The van der Waals surface area contributed by atoms with Crippen molar-refractivity contribution in [3.63, 3.8) is 0 Å². The summed E-state index contributed by atoms with van der Waals surface area (Å²) >= 11 is 0. The first-order chi connectivity index (χ1) is 13.3. The van der Waals surface area contributed by atoms with Crippen molar-refractivity contribution in [2.75, 3.05) is 0 Å². The molecule has 0 fully saturated rings. The van der Waals surface area contributed by atoms with E-state index in [1.165, 1.54) is 37.3 Å². The summed E-state index contributed by atoms with van der Waals surface area (Å²) < 4.78 is 5.89. The molecule has 0 aromatic heterocycles. The van der Waals surface area contributed by atoms with Crippen molar-refractivity contribution in [3.8, 4) is 0 Å². The van der Waals surface area contributed by atoms with E-state index in [1.807, 2.05) is 0 Å². The van der Waals surface area contributed by atoms with Gasteiger partial charge in [0.25, 0.3) is 0 Å². The molecule has 6 nitrogen and oxygen atoms in total. The topological polar surface area (TPSA) is 101 Å². The lowest BCUT2D eigenvalue weighted by molar-refractivity contribution is -0.110. The fraction of sp³-hybridized carbons (Fsp3) is 0.136. The molecule has 0 spiro atoms. The average molecular weight is 376 g/mol. The lowest BCUT2D eigenvalue weighted by Gasteiger charge is -2.36. The summed E-state index contributed by atoms with van der Waals surface area (Å²) in [5, 5.41) is 19.6. The van der Waals surface area contributed by atoms with Gasteiger partial charge in [-0.3, -0.25) is 9.59 Å². The van der Waals surface area contributed by atoms with Gasteiger partial charge in [0, 0.05) is 23.1 Å². The third-order valence-electron chi connectivity index (χ3n) is 4.95. The monoisotopic (exact) mass is 376 g/mol. The molecule has 0 amide bonds. The number of carbonyl (C=O) groups is 3. The van der Waals surface area contributed by atoms with Crippen LogP contribution in [-0.4, -0.2) is 33.9 Å². The van der Waals surface area contributed by atoms with Crippen molar-refractivity contribution in [3.05, 3.63) is 88.4 Å². The van der Waals surface area contributed by atoms with Crippen LogP contribution in [0.4, 0.5) is 0 Å². The van der Waals surface area contributed by atoms with Crippen molar-refractivity contribution in [1.82, 2.24) is 0 Å². The second kappa shape index (κ2) is 6.49. The molecule has 0 saturated carbocycles. The normalized spacial score (nSPS) is 22.7. The maximum absolute atomic E-state index is 11.9. The highest BCUT2D eigenvalue weighted by atomic mass is 16.5. The molecule has 0 bridgehead atoms. The number of rotatable bonds is 3. The van der Waals surface area contributed by atoms with Gasteiger partial charge in [0.2, 0.25) is 0 Å². The van der Waals surface area contributed by atoms with Crippen molar-refractivity contribution in [1.29, 1.82) is 0 Å². The lowest BCUT2D eigenvalue weighted by Crippen LogP contribution is -2.31. The summed E-state index contributed by atoms with van der Waals surface area (Å²) in [4.78, 5) is 35.5. The molecule has 28 heavy (non-hydrogen) atoms. The number of hydrogen-bond acceptors (Lipinski definition) is 5. The summed E-state index contributed by atoms with van der Waals surface area (Å²) in [6.07, 6.45) is 8.57. The molecule has 3 aliphatic rings. The molecule has 1 heterocycles. The SMILES string of the molecule is CC(=O)c1ccc(C2=C3C=CC(=O)C=C3OC3C=C(O)C=C[C@@H]23)c(C(=O)O)c1. The van der Waals surface area contributed by atoms with Gasteiger partial charge in [-0.2, -0.15) is 0 Å². The van der Waals surface area contributed by atoms with Crippen LogP contribution < -0.4 is 0 Å². The minimum absolute atomic E-state index is 0.00678. The second-order valence-corrected chi connectivity index (χ2v) is 6.75. The number of aliphatic hydroxyl groups excluding tert-OH is 1. The molecule has 0 radical (unpaired) electrons. The summed E-state index contributed by atoms with van der Waals surface area (Å²) in [6.45, 7) is 1.38. The van der Waals surface area contributed by atoms with E-state index >= 15 is 0 Å². The Balaban J connectivity index is 1.98. The Morgan fingerprint density at radius 2 is 1.93 bits per heavy atom. The Morgan fingerprint density at radius 3 is 2.64 bits per heavy atom. The number of Topliss-reactive ketones (excluding diaryl/α,β-unsaturated/α-hetero) is 1. The average Bonchev–Trinajstić information content (AvgIpc) is 2.65. The predicted octanol–water partition coefficient (Wildman–Crippen LogP) is 3.39. The summed E-state index contributed by atoms with van der Waals surface area (Å²) in [5.41, 5.74) is 2.01. The zero-order valence-electron chi connectivity index (χ0n) is 14.9. The van der Waals surface area contributed by atoms with Gasteiger partial charge >= 0.3 is 5.97 Å². The van der Waals surface area contributed by atoms with E-state index in [1.54, 1.807) is 24.3 Å². The summed E-state index contributed by atoms with van der Waals surface area (Å²) in [5.74, 6) is -1.62. The molecule has 2 aliphatic carbocycles. The third kappa shape index (κ3) is 2.89. The second-order valence-electron chi connectivity index (χ2n) is 6.75. The minimum Gasteiger partial charge on any atom is -0.508 e. The van der Waals surface area contributed by atoms with Gasteiger partial charge in [0.15, 0.2) is 11.6 Å². The largest absolute Gasteiger partial charge is 0.508 e. The first-order valence-corrected chi connectivity index (χ1v) is 8.67.